The number of alkyl halides is 2. The van der Waals surface area contributed by atoms with Gasteiger partial charge in [-0.15, -0.1) is 4.67 Å². The molecule has 2 unspecified atom stereocenters. The maximum absolute atomic E-state index is 16.4. The van der Waals surface area contributed by atoms with Gasteiger partial charge in [0.25, 0.3) is 5.56 Å². The van der Waals surface area contributed by atoms with Gasteiger partial charge in [0.05, 0.1) is 26.7 Å². The number of phosphoric ester groups is 1. The summed E-state index contributed by atoms with van der Waals surface area (Å²) in [5, 5.41) is 0. The number of ether oxygens (including phenoxy) is 3. The van der Waals surface area contributed by atoms with E-state index < -0.39 is 94.3 Å². The maximum atomic E-state index is 16.4. The maximum Gasteiger partial charge on any atom is 0.502 e. The van der Waals surface area contributed by atoms with Gasteiger partial charge in [-0.2, -0.15) is 0 Å². The lowest BCUT2D eigenvalue weighted by Crippen LogP contribution is -2.36. The van der Waals surface area contributed by atoms with Crippen molar-refractivity contribution in [2.75, 3.05) is 26.1 Å². The van der Waals surface area contributed by atoms with Gasteiger partial charge >= 0.3 is 26.3 Å². The minimum atomic E-state index is -5.00. The highest BCUT2D eigenvalue weighted by Crippen LogP contribution is 2.65. The van der Waals surface area contributed by atoms with Crippen LogP contribution in [0.2, 0.25) is 0 Å². The Morgan fingerprint density at radius 2 is 1.73 bits per heavy atom. The van der Waals surface area contributed by atoms with Crippen molar-refractivity contribution < 1.29 is 64.6 Å². The number of hydrogen-bond acceptors (Lipinski definition) is 19. The van der Waals surface area contributed by atoms with Crippen molar-refractivity contribution in [1.29, 1.82) is 0 Å². The van der Waals surface area contributed by atoms with Crippen LogP contribution in [0.15, 0.2) is 58.8 Å². The number of benzene rings is 1. The number of carbonyl (C=O) groups is 1. The Balaban J connectivity index is 1.25. The van der Waals surface area contributed by atoms with Crippen molar-refractivity contribution in [2.45, 2.75) is 61.9 Å². The van der Waals surface area contributed by atoms with Gasteiger partial charge in [-0.1, -0.05) is 12.1 Å². The number of nitrogens with one attached hydrogen (secondary N) is 1. The molecular weight excluding hydrogens is 802 g/mol. The molecule has 21 nitrogen and oxygen atoms in total. The molecule has 26 heteroatoms. The summed E-state index contributed by atoms with van der Waals surface area (Å²) in [6.07, 6.45) is -11.5. The van der Waals surface area contributed by atoms with Gasteiger partial charge < -0.3 is 19.9 Å². The number of rotatable bonds is 8. The van der Waals surface area contributed by atoms with Gasteiger partial charge in [0.15, 0.2) is 36.3 Å². The van der Waals surface area contributed by atoms with Crippen LogP contribution in [0.5, 0.6) is 5.75 Å². The van der Waals surface area contributed by atoms with Crippen molar-refractivity contribution >= 4 is 49.0 Å². The molecule has 0 amide bonds. The SMILES string of the molecule is COOP1(=O)OC[C@H]2O[C@@H](n3ccc(=O)[nH]c3=O)[C@H](F)[C@@H]2OP(=O)(SCc2ccc(OC(C)=O)cc2)OC[C@H]2O[C@@H](n3cnc4c(N)ncnc43)[C@H](O1)[C@@H]2F. The van der Waals surface area contributed by atoms with Crippen molar-refractivity contribution in [3.05, 3.63) is 75.6 Å². The van der Waals surface area contributed by atoms with Gasteiger partial charge in [-0.3, -0.25) is 41.8 Å². The average molecular weight is 834 g/mol. The first-order chi connectivity index (χ1) is 26.3. The van der Waals surface area contributed by atoms with Crippen molar-refractivity contribution in [3.63, 3.8) is 0 Å². The molecule has 3 aliphatic rings. The molecule has 3 aliphatic heterocycles. The van der Waals surface area contributed by atoms with Crippen LogP contribution in [-0.4, -0.2) is 92.1 Å². The Morgan fingerprint density at radius 3 is 2.45 bits per heavy atom. The van der Waals surface area contributed by atoms with E-state index in [1.807, 2.05) is 4.98 Å². The summed E-state index contributed by atoms with van der Waals surface area (Å²) in [5.74, 6) is -0.405. The van der Waals surface area contributed by atoms with Crippen LogP contribution in [0.4, 0.5) is 14.6 Å². The number of esters is 1. The summed E-state index contributed by atoms with van der Waals surface area (Å²) in [7, 11) is -4.03. The molecule has 3 saturated heterocycles. The van der Waals surface area contributed by atoms with Crippen LogP contribution in [-0.2, 0) is 56.8 Å². The first-order valence-corrected chi connectivity index (χ1v) is 20.7. The van der Waals surface area contributed by atoms with Gasteiger partial charge in [-0.05, 0) is 29.1 Å². The van der Waals surface area contributed by atoms with Gasteiger partial charge in [-0.25, -0.2) is 42.5 Å². The number of hydrogen-bond donors (Lipinski definition) is 2. The summed E-state index contributed by atoms with van der Waals surface area (Å²) in [6.45, 7) is -5.08. The number of imidazole rings is 1. The quantitative estimate of drug-likeness (QED) is 0.0850. The van der Waals surface area contributed by atoms with E-state index in [1.54, 1.807) is 12.1 Å². The van der Waals surface area contributed by atoms with Crippen LogP contribution >= 0.6 is 26.0 Å². The second-order valence-corrected chi connectivity index (χ2v) is 17.5. The van der Waals surface area contributed by atoms with E-state index in [0.717, 1.165) is 30.3 Å². The first kappa shape index (κ1) is 39.3. The highest BCUT2D eigenvalue weighted by molar-refractivity contribution is 8.54. The number of halogens is 2. The normalized spacial score (nSPS) is 32.7. The molecule has 2 bridgehead atoms. The number of nitrogen functional groups attached to an aromatic ring is 1. The first-order valence-electron chi connectivity index (χ1n) is 16.1. The van der Waals surface area contributed by atoms with Crippen molar-refractivity contribution in [2.24, 2.45) is 0 Å². The lowest BCUT2D eigenvalue weighted by Gasteiger charge is -2.27. The third-order valence-corrected chi connectivity index (χ3v) is 13.3. The van der Waals surface area contributed by atoms with E-state index in [4.69, 9.17) is 42.7 Å². The number of H-pyrrole nitrogens is 1. The molecule has 1 aromatic carbocycles. The standard InChI is InChI=1S/C29H31F2N7O14P2S/c1-14(39)47-16-5-3-15(4-6-16)11-55-54(43)46-9-17-20(30)24(28(48-17)38-13-35-22-25(32)33-12-34-26(22)38)50-53(42,52-44-2)45-10-18-23(51-54)21(31)27(49-18)37-8-7-19(40)36-29(37)41/h3-8,12-13,17-18,20-21,23-24,27-28H,9-11H2,1-2H3,(H2,32,33,34)(H,36,40,41)/t17-,18-,20-,21-,23-,24-,27-,28-,53?,54?/m1/s1. The number of nitrogens with zero attached hydrogens (tertiary/aromatic N) is 5. The van der Waals surface area contributed by atoms with E-state index in [0.29, 0.717) is 16.9 Å². The summed E-state index contributed by atoms with van der Waals surface area (Å²) < 4.78 is 108. The Labute approximate surface area is 311 Å². The van der Waals surface area contributed by atoms with Gasteiger partial charge in [0.1, 0.15) is 42.0 Å². The fourth-order valence-electron chi connectivity index (χ4n) is 5.89. The highest BCUT2D eigenvalue weighted by Gasteiger charge is 2.56. The molecular formula is C29H31F2N7O14P2S. The monoisotopic (exact) mass is 833 g/mol. The Morgan fingerprint density at radius 1 is 0.982 bits per heavy atom. The lowest BCUT2D eigenvalue weighted by molar-refractivity contribution is -0.208. The average Bonchev–Trinajstić information content (AvgIpc) is 3.80. The molecule has 3 aromatic heterocycles. The van der Waals surface area contributed by atoms with E-state index in [1.165, 1.54) is 30.0 Å². The minimum Gasteiger partial charge on any atom is -0.427 e. The van der Waals surface area contributed by atoms with E-state index in [9.17, 15) is 23.5 Å². The Bertz CT molecular complexity index is 2270. The number of carbonyl (C=O) groups excluding carboxylic acids is 1. The van der Waals surface area contributed by atoms with Crippen LogP contribution in [0, 0.1) is 0 Å². The number of nitrogens with two attached hydrogens (primary N) is 1. The summed E-state index contributed by atoms with van der Waals surface area (Å²) in [5.41, 5.74) is 4.84. The number of anilines is 1. The topological polar surface area (TPSA) is 259 Å². The highest BCUT2D eigenvalue weighted by atomic mass is 32.7. The summed E-state index contributed by atoms with van der Waals surface area (Å²) in [6, 6.07) is 7.04. The largest absolute Gasteiger partial charge is 0.502 e. The van der Waals surface area contributed by atoms with Crippen LogP contribution < -0.4 is 21.7 Å². The molecule has 0 radical (unpaired) electrons. The molecule has 0 saturated carbocycles. The molecule has 7 rings (SSSR count). The Hall–Kier alpha value is -3.93. The fourth-order valence-corrected chi connectivity index (χ4v) is 10.4. The molecule has 6 heterocycles. The Kier molecular flexibility index (Phi) is 11.4. The molecule has 3 N–H and O–H groups in total. The smallest absolute Gasteiger partial charge is 0.427 e. The zero-order chi connectivity index (χ0) is 39.1. The van der Waals surface area contributed by atoms with E-state index in [-0.39, 0.29) is 28.5 Å². The summed E-state index contributed by atoms with van der Waals surface area (Å²) in [4.78, 5) is 54.5. The molecule has 4 aromatic rings. The molecule has 55 heavy (non-hydrogen) atoms. The van der Waals surface area contributed by atoms with Crippen LogP contribution in [0.1, 0.15) is 24.9 Å². The third-order valence-electron chi connectivity index (χ3n) is 8.35. The van der Waals surface area contributed by atoms with Gasteiger partial charge in [0, 0.05) is 24.9 Å². The molecule has 0 spiro atoms. The lowest BCUT2D eigenvalue weighted by atomic mass is 10.1. The third kappa shape index (κ3) is 8.30. The predicted molar refractivity (Wildman–Crippen MR) is 183 cm³/mol. The number of aromatic nitrogens is 6. The molecule has 3 fully saturated rings. The van der Waals surface area contributed by atoms with Crippen LogP contribution in [0.25, 0.3) is 11.2 Å². The van der Waals surface area contributed by atoms with Crippen molar-refractivity contribution in [1.82, 2.24) is 29.1 Å². The van der Waals surface area contributed by atoms with E-state index in [2.05, 4.69) is 19.8 Å². The number of aromatic amines is 1. The second-order valence-electron chi connectivity index (χ2n) is 12.0. The number of phosphoric acid groups is 1. The predicted octanol–water partition coefficient (Wildman–Crippen LogP) is 2.90. The zero-order valence-corrected chi connectivity index (χ0v) is 31.1. The second kappa shape index (κ2) is 15.9. The minimum absolute atomic E-state index is 0.00870. The molecule has 296 valence electrons. The van der Waals surface area contributed by atoms with Crippen LogP contribution in [0.3, 0.4) is 0 Å². The molecule has 10 atom stereocenters. The summed E-state index contributed by atoms with van der Waals surface area (Å²) >= 11 is 0.588. The van der Waals surface area contributed by atoms with Gasteiger partial charge in [0.2, 0.25) is 0 Å². The van der Waals surface area contributed by atoms with Crippen molar-refractivity contribution in [3.8, 4) is 5.75 Å². The number of fused-ring (bicyclic) bond motifs is 4. The fraction of sp³-hybridized carbons (Fsp3) is 0.448. The zero-order valence-electron chi connectivity index (χ0n) is 28.4. The molecule has 0 aliphatic carbocycles. The van der Waals surface area contributed by atoms with E-state index >= 15 is 8.78 Å².